The maximum absolute atomic E-state index is 12.0. The lowest BCUT2D eigenvalue weighted by Gasteiger charge is -2.28. The van der Waals surface area contributed by atoms with Gasteiger partial charge in [-0.2, -0.15) is 0 Å². The predicted molar refractivity (Wildman–Crippen MR) is 69.3 cm³/mol. The van der Waals surface area contributed by atoms with Crippen LogP contribution in [0.2, 0.25) is 0 Å². The number of carbonyl (C=O) groups excluding carboxylic acids is 2. The molecular formula is C13H24N2O3. The molecule has 1 rings (SSSR count). The molecule has 0 aromatic carbocycles. The van der Waals surface area contributed by atoms with Crippen LogP contribution in [0.15, 0.2) is 0 Å². The van der Waals surface area contributed by atoms with Crippen LogP contribution in [-0.4, -0.2) is 41.6 Å². The van der Waals surface area contributed by atoms with E-state index >= 15 is 0 Å². The second-order valence-electron chi connectivity index (χ2n) is 5.73. The van der Waals surface area contributed by atoms with Crippen LogP contribution < -0.4 is 5.32 Å². The van der Waals surface area contributed by atoms with Crippen molar-refractivity contribution < 1.29 is 14.3 Å². The summed E-state index contributed by atoms with van der Waals surface area (Å²) in [7, 11) is 0. The first kappa shape index (κ1) is 14.8. The zero-order chi connectivity index (χ0) is 13.8. The Morgan fingerprint density at radius 3 is 2.61 bits per heavy atom. The Balaban J connectivity index is 2.53. The molecule has 1 atom stereocenters. The van der Waals surface area contributed by atoms with Crippen LogP contribution in [0.1, 0.15) is 47.0 Å². The Bertz CT molecular complexity index is 310. The molecular weight excluding hydrogens is 232 g/mol. The molecule has 104 valence electrons. The van der Waals surface area contributed by atoms with Gasteiger partial charge in [0.1, 0.15) is 5.60 Å². The van der Waals surface area contributed by atoms with E-state index in [1.54, 1.807) is 4.90 Å². The Hall–Kier alpha value is -1.26. The van der Waals surface area contributed by atoms with E-state index in [-0.39, 0.29) is 18.0 Å². The van der Waals surface area contributed by atoms with Gasteiger partial charge in [-0.1, -0.05) is 6.92 Å². The third-order valence-corrected chi connectivity index (χ3v) is 2.67. The number of nitrogens with zero attached hydrogens (tertiary/aromatic N) is 1. The lowest BCUT2D eigenvalue weighted by molar-refractivity contribution is -0.119. The summed E-state index contributed by atoms with van der Waals surface area (Å²) >= 11 is 0. The van der Waals surface area contributed by atoms with E-state index in [0.717, 1.165) is 12.8 Å². The highest BCUT2D eigenvalue weighted by molar-refractivity contribution is 5.78. The van der Waals surface area contributed by atoms with Crippen molar-refractivity contribution in [2.75, 3.05) is 13.1 Å². The molecule has 1 fully saturated rings. The number of carbonyl (C=O) groups is 2. The molecule has 0 unspecified atom stereocenters. The molecule has 18 heavy (non-hydrogen) atoms. The van der Waals surface area contributed by atoms with E-state index in [1.165, 1.54) is 0 Å². The minimum Gasteiger partial charge on any atom is -0.444 e. The highest BCUT2D eigenvalue weighted by Crippen LogP contribution is 2.13. The summed E-state index contributed by atoms with van der Waals surface area (Å²) < 4.78 is 5.36. The normalized spacial score (nSPS) is 19.6. The van der Waals surface area contributed by atoms with E-state index < -0.39 is 5.60 Å². The molecule has 1 saturated heterocycles. The van der Waals surface area contributed by atoms with Crippen LogP contribution >= 0.6 is 0 Å². The summed E-state index contributed by atoms with van der Waals surface area (Å²) in [5.74, 6) is 0.0700. The molecule has 0 aromatic heterocycles. The molecule has 1 aliphatic heterocycles. The second-order valence-corrected chi connectivity index (χ2v) is 5.73. The van der Waals surface area contributed by atoms with Crippen molar-refractivity contribution in [3.63, 3.8) is 0 Å². The van der Waals surface area contributed by atoms with Gasteiger partial charge < -0.3 is 15.0 Å². The Morgan fingerprint density at radius 2 is 2.17 bits per heavy atom. The number of nitrogens with one attached hydrogen (secondary N) is 1. The van der Waals surface area contributed by atoms with Gasteiger partial charge in [-0.05, 0) is 33.6 Å². The Labute approximate surface area is 109 Å². The van der Waals surface area contributed by atoms with Gasteiger partial charge >= 0.3 is 6.09 Å². The molecule has 0 aliphatic carbocycles. The quantitative estimate of drug-likeness (QED) is 0.836. The largest absolute Gasteiger partial charge is 0.444 e. The second kappa shape index (κ2) is 6.07. The monoisotopic (exact) mass is 256 g/mol. The van der Waals surface area contributed by atoms with Gasteiger partial charge in [0.05, 0.1) is 0 Å². The predicted octanol–water partition coefficient (Wildman–Crippen LogP) is 1.91. The molecule has 1 N–H and O–H groups in total. The minimum absolute atomic E-state index is 0.0663. The van der Waals surface area contributed by atoms with Gasteiger partial charge in [-0.25, -0.2) is 4.79 Å². The topological polar surface area (TPSA) is 58.6 Å². The van der Waals surface area contributed by atoms with Crippen LogP contribution in [0.5, 0.6) is 0 Å². The maximum Gasteiger partial charge on any atom is 0.410 e. The SMILES string of the molecule is CCCN(C[C@@H]1CCC(=O)N1)C(=O)OC(C)(C)C. The van der Waals surface area contributed by atoms with Crippen LogP contribution in [0.25, 0.3) is 0 Å². The summed E-state index contributed by atoms with van der Waals surface area (Å²) in [6, 6.07) is 0.0663. The molecule has 1 heterocycles. The third-order valence-electron chi connectivity index (χ3n) is 2.67. The fourth-order valence-corrected chi connectivity index (χ4v) is 1.93. The van der Waals surface area contributed by atoms with E-state index in [1.807, 2.05) is 27.7 Å². The summed E-state index contributed by atoms with van der Waals surface area (Å²) in [6.07, 6.45) is 1.92. The van der Waals surface area contributed by atoms with Crippen LogP contribution in [0.3, 0.4) is 0 Å². The smallest absolute Gasteiger partial charge is 0.410 e. The highest BCUT2D eigenvalue weighted by atomic mass is 16.6. The first-order valence-corrected chi connectivity index (χ1v) is 6.59. The number of hydrogen-bond acceptors (Lipinski definition) is 3. The standard InChI is InChI=1S/C13H24N2O3/c1-5-8-15(12(17)18-13(2,3)4)9-10-6-7-11(16)14-10/h10H,5-9H2,1-4H3,(H,14,16)/t10-/m0/s1. The molecule has 5 nitrogen and oxygen atoms in total. The van der Waals surface area contributed by atoms with Crippen molar-refractivity contribution in [3.05, 3.63) is 0 Å². The van der Waals surface area contributed by atoms with Gasteiger partial charge in [0.25, 0.3) is 0 Å². The molecule has 0 radical (unpaired) electrons. The fraction of sp³-hybridized carbons (Fsp3) is 0.846. The van der Waals surface area contributed by atoms with Crippen LogP contribution in [-0.2, 0) is 9.53 Å². The van der Waals surface area contributed by atoms with Gasteiger partial charge in [-0.15, -0.1) is 0 Å². The van der Waals surface area contributed by atoms with E-state index in [0.29, 0.717) is 19.5 Å². The van der Waals surface area contributed by atoms with Crippen molar-refractivity contribution in [3.8, 4) is 0 Å². The summed E-state index contributed by atoms with van der Waals surface area (Å²) in [6.45, 7) is 8.77. The third kappa shape index (κ3) is 4.94. The molecule has 0 aromatic rings. The molecule has 0 bridgehead atoms. The van der Waals surface area contributed by atoms with E-state index in [4.69, 9.17) is 4.74 Å². The van der Waals surface area contributed by atoms with E-state index in [9.17, 15) is 9.59 Å². The maximum atomic E-state index is 12.0. The molecule has 1 aliphatic rings. The van der Waals surface area contributed by atoms with Crippen molar-refractivity contribution >= 4 is 12.0 Å². The first-order chi connectivity index (χ1) is 8.31. The number of ether oxygens (including phenoxy) is 1. The van der Waals surface area contributed by atoms with Crippen LogP contribution in [0, 0.1) is 0 Å². The lowest BCUT2D eigenvalue weighted by atomic mass is 10.2. The summed E-state index contributed by atoms with van der Waals surface area (Å²) in [5.41, 5.74) is -0.484. The van der Waals surface area contributed by atoms with Crippen molar-refractivity contribution in [1.82, 2.24) is 10.2 Å². The Kier molecular flexibility index (Phi) is 4.99. The number of hydrogen-bond donors (Lipinski definition) is 1. The van der Waals surface area contributed by atoms with Crippen LogP contribution in [0.4, 0.5) is 4.79 Å². The molecule has 0 saturated carbocycles. The Morgan fingerprint density at radius 1 is 1.50 bits per heavy atom. The average Bonchev–Trinajstić information content (AvgIpc) is 2.61. The zero-order valence-corrected chi connectivity index (χ0v) is 11.8. The number of amides is 2. The summed E-state index contributed by atoms with van der Waals surface area (Å²) in [5, 5.41) is 2.87. The van der Waals surface area contributed by atoms with Gasteiger partial charge in [0.15, 0.2) is 0 Å². The van der Waals surface area contributed by atoms with E-state index in [2.05, 4.69) is 5.32 Å². The minimum atomic E-state index is -0.484. The van der Waals surface area contributed by atoms with Crippen molar-refractivity contribution in [2.45, 2.75) is 58.6 Å². The highest BCUT2D eigenvalue weighted by Gasteiger charge is 2.27. The van der Waals surface area contributed by atoms with Crippen molar-refractivity contribution in [2.24, 2.45) is 0 Å². The van der Waals surface area contributed by atoms with Gasteiger partial charge in [0.2, 0.25) is 5.91 Å². The lowest BCUT2D eigenvalue weighted by Crippen LogP contribution is -2.44. The van der Waals surface area contributed by atoms with Gasteiger partial charge in [0, 0.05) is 25.6 Å². The van der Waals surface area contributed by atoms with Gasteiger partial charge in [-0.3, -0.25) is 4.79 Å². The molecule has 2 amide bonds. The summed E-state index contributed by atoms with van der Waals surface area (Å²) in [4.78, 5) is 24.8. The van der Waals surface area contributed by atoms with Crippen molar-refractivity contribution in [1.29, 1.82) is 0 Å². The molecule has 0 spiro atoms. The number of rotatable bonds is 4. The zero-order valence-electron chi connectivity index (χ0n) is 11.8. The average molecular weight is 256 g/mol. The fourth-order valence-electron chi connectivity index (χ4n) is 1.93. The first-order valence-electron chi connectivity index (χ1n) is 6.59. The molecule has 5 heteroatoms.